The molecular weight excluding hydrogens is 404 g/mol. The average molecular weight is 427 g/mol. The van der Waals surface area contributed by atoms with Gasteiger partial charge in [-0.05, 0) is 52.2 Å². The van der Waals surface area contributed by atoms with E-state index in [2.05, 4.69) is 26.2 Å². The van der Waals surface area contributed by atoms with E-state index in [-0.39, 0.29) is 0 Å². The van der Waals surface area contributed by atoms with Crippen LogP contribution in [-0.4, -0.2) is 43.4 Å². The molecule has 0 aliphatic carbocycles. The van der Waals surface area contributed by atoms with E-state index in [0.29, 0.717) is 35.6 Å². The van der Waals surface area contributed by atoms with Crippen LogP contribution in [0, 0.1) is 0 Å². The molecule has 1 heterocycles. The van der Waals surface area contributed by atoms with Crippen molar-refractivity contribution in [2.24, 2.45) is 0 Å². The van der Waals surface area contributed by atoms with Gasteiger partial charge in [0.2, 0.25) is 5.88 Å². The van der Waals surface area contributed by atoms with Gasteiger partial charge in [-0.3, -0.25) is 4.55 Å². The van der Waals surface area contributed by atoms with E-state index in [4.69, 9.17) is 9.29 Å². The molecule has 0 atom stereocenters. The number of nitrogens with zero attached hydrogens (tertiary/aromatic N) is 1. The zero-order valence-corrected chi connectivity index (χ0v) is 16.1. The van der Waals surface area contributed by atoms with Crippen molar-refractivity contribution in [1.82, 2.24) is 10.3 Å². The Morgan fingerprint density at radius 2 is 1.91 bits per heavy atom. The summed E-state index contributed by atoms with van der Waals surface area (Å²) in [6.45, 7) is 2.13. The van der Waals surface area contributed by atoms with Crippen molar-refractivity contribution in [1.29, 1.82) is 0 Å². The van der Waals surface area contributed by atoms with Gasteiger partial charge in [-0.2, -0.15) is 8.42 Å². The molecule has 9 heteroatoms. The first kappa shape index (κ1) is 20.7. The van der Waals surface area contributed by atoms with Gasteiger partial charge in [0.15, 0.2) is 0 Å². The van der Waals surface area contributed by atoms with Crippen LogP contribution in [0.15, 0.2) is 22.8 Å². The summed E-state index contributed by atoms with van der Waals surface area (Å²) < 4.78 is 36.0. The smallest absolute Gasteiger partial charge is 0.319 e. The number of aromatic nitrogens is 1. The molecule has 0 bridgehead atoms. The number of halogens is 1. The molecule has 0 fully saturated rings. The van der Waals surface area contributed by atoms with E-state index in [9.17, 15) is 8.42 Å². The molecule has 0 amide bonds. The van der Waals surface area contributed by atoms with Crippen LogP contribution in [0.1, 0.15) is 32.1 Å². The van der Waals surface area contributed by atoms with Crippen LogP contribution in [0.3, 0.4) is 0 Å². The van der Waals surface area contributed by atoms with Gasteiger partial charge in [-0.25, -0.2) is 4.98 Å². The first-order chi connectivity index (χ1) is 11.0. The van der Waals surface area contributed by atoms with E-state index < -0.39 is 9.15 Å². The minimum Gasteiger partial charge on any atom is -0.478 e. The monoisotopic (exact) mass is 426 g/mol. The molecule has 6 nitrogen and oxygen atoms in total. The van der Waals surface area contributed by atoms with Gasteiger partial charge in [0.25, 0.3) is 0 Å². The van der Waals surface area contributed by atoms with Gasteiger partial charge >= 0.3 is 9.15 Å². The van der Waals surface area contributed by atoms with E-state index in [1.165, 1.54) is 0 Å². The number of unbranched alkanes of at least 4 members (excludes halogenated alkanes) is 4. The Kier molecular flexibility index (Phi) is 10.9. The number of hydrogen-bond donors (Lipinski definition) is 2. The highest BCUT2D eigenvalue weighted by Gasteiger charge is 2.03. The predicted octanol–water partition coefficient (Wildman–Crippen LogP) is 3.30. The van der Waals surface area contributed by atoms with Crippen molar-refractivity contribution < 1.29 is 17.7 Å². The third-order valence-corrected chi connectivity index (χ3v) is 5.49. The molecule has 23 heavy (non-hydrogen) atoms. The topological polar surface area (TPSA) is 88.5 Å². The van der Waals surface area contributed by atoms with Crippen molar-refractivity contribution in [3.05, 3.63) is 22.8 Å². The van der Waals surface area contributed by atoms with Crippen molar-refractivity contribution >= 4 is 35.9 Å². The highest BCUT2D eigenvalue weighted by Crippen LogP contribution is 2.13. The first-order valence-corrected chi connectivity index (χ1v) is 11.3. The summed E-state index contributed by atoms with van der Waals surface area (Å²) in [5.74, 6) is 1.01. The molecule has 0 unspecified atom stereocenters. The van der Waals surface area contributed by atoms with E-state index in [0.717, 1.165) is 43.1 Å². The lowest BCUT2D eigenvalue weighted by Crippen LogP contribution is -2.19. The Balaban J connectivity index is 1.84. The second-order valence-corrected chi connectivity index (χ2v) is 9.32. The lowest BCUT2D eigenvalue weighted by atomic mass is 10.1. The fourth-order valence-corrected chi connectivity index (χ4v) is 3.41. The Bertz CT molecular complexity index is 526. The van der Waals surface area contributed by atoms with Crippen LogP contribution < -0.4 is 10.1 Å². The summed E-state index contributed by atoms with van der Waals surface area (Å²) in [5.41, 5.74) is 0. The number of ether oxygens (including phenoxy) is 1. The molecule has 1 aromatic rings. The molecule has 0 aliphatic heterocycles. The number of nitrogens with one attached hydrogen (secondary N) is 1. The van der Waals surface area contributed by atoms with Crippen molar-refractivity contribution in [2.75, 3.05) is 25.4 Å². The maximum absolute atomic E-state index is 10.5. The van der Waals surface area contributed by atoms with Gasteiger partial charge in [-0.15, -0.1) is 0 Å². The van der Waals surface area contributed by atoms with Crippen molar-refractivity contribution in [3.63, 3.8) is 0 Å². The molecule has 0 saturated carbocycles. The highest BCUT2D eigenvalue weighted by molar-refractivity contribution is 9.10. The number of rotatable bonds is 13. The molecule has 132 valence electrons. The molecule has 0 aromatic carbocycles. The molecule has 0 spiro atoms. The summed E-state index contributed by atoms with van der Waals surface area (Å²) >= 11 is 3.33. The van der Waals surface area contributed by atoms with Crippen LogP contribution in [0.25, 0.3) is 0 Å². The Morgan fingerprint density at radius 3 is 2.61 bits per heavy atom. The maximum atomic E-state index is 10.5. The van der Waals surface area contributed by atoms with Gasteiger partial charge in [0, 0.05) is 29.0 Å². The van der Waals surface area contributed by atoms with Crippen molar-refractivity contribution in [3.8, 4) is 5.88 Å². The fraction of sp³-hybridized carbons (Fsp3) is 0.643. The second kappa shape index (κ2) is 12.1. The summed E-state index contributed by atoms with van der Waals surface area (Å²) in [5, 5.41) is 3.15. The van der Waals surface area contributed by atoms with Crippen LogP contribution in [0.5, 0.6) is 5.88 Å². The summed E-state index contributed by atoms with van der Waals surface area (Å²) in [6.07, 6.45) is 7.20. The van der Waals surface area contributed by atoms with E-state index in [1.54, 1.807) is 6.20 Å². The standard InChI is InChI=1S/C14H23BrN2O4S2/c15-13-6-7-14(17-12-13)21-10-5-3-1-2-4-8-16-9-11-22-23(18,19)20/h6-7,12,16H,1-5,8-11H2,(H,18,19,20). The minimum absolute atomic E-state index is 0.361. The van der Waals surface area contributed by atoms with Crippen LogP contribution in [0.2, 0.25) is 0 Å². The van der Waals surface area contributed by atoms with Crippen molar-refractivity contribution in [2.45, 2.75) is 32.1 Å². The van der Waals surface area contributed by atoms with Gasteiger partial charge in [-0.1, -0.05) is 19.3 Å². The molecule has 0 saturated heterocycles. The average Bonchev–Trinajstić information content (AvgIpc) is 2.49. The number of pyridine rings is 1. The fourth-order valence-electron chi connectivity index (χ4n) is 1.85. The summed E-state index contributed by atoms with van der Waals surface area (Å²) in [4.78, 5) is 4.14. The molecular formula is C14H23BrN2O4S2. The van der Waals surface area contributed by atoms with Gasteiger partial charge < -0.3 is 10.1 Å². The van der Waals surface area contributed by atoms with E-state index >= 15 is 0 Å². The second-order valence-electron chi connectivity index (χ2n) is 4.93. The molecule has 0 aliphatic rings. The lowest BCUT2D eigenvalue weighted by molar-refractivity contribution is 0.293. The largest absolute Gasteiger partial charge is 0.478 e. The third-order valence-electron chi connectivity index (χ3n) is 2.96. The Hall–Kier alpha value is -0.350. The van der Waals surface area contributed by atoms with Crippen LogP contribution in [-0.2, 0) is 9.15 Å². The molecule has 0 radical (unpaired) electrons. The quantitative estimate of drug-likeness (QED) is 0.284. The first-order valence-electron chi connectivity index (χ1n) is 7.54. The third kappa shape index (κ3) is 12.7. The lowest BCUT2D eigenvalue weighted by Gasteiger charge is -2.06. The molecule has 2 N–H and O–H groups in total. The predicted molar refractivity (Wildman–Crippen MR) is 97.4 cm³/mol. The normalized spacial score (nSPS) is 11.6. The summed E-state index contributed by atoms with van der Waals surface area (Å²) in [6, 6.07) is 3.75. The van der Waals surface area contributed by atoms with Gasteiger partial charge in [0.05, 0.1) is 6.61 Å². The Labute approximate surface area is 150 Å². The van der Waals surface area contributed by atoms with Crippen LogP contribution >= 0.6 is 26.7 Å². The highest BCUT2D eigenvalue weighted by atomic mass is 79.9. The SMILES string of the molecule is O=S(=O)(O)SCCNCCCCCCCOc1ccc(Br)cn1. The minimum atomic E-state index is -3.90. The molecule has 1 aromatic heterocycles. The molecule has 1 rings (SSSR count). The Morgan fingerprint density at radius 1 is 1.17 bits per heavy atom. The zero-order chi connectivity index (χ0) is 17.0. The summed E-state index contributed by atoms with van der Waals surface area (Å²) in [7, 11) is -3.35. The van der Waals surface area contributed by atoms with Gasteiger partial charge in [0.1, 0.15) is 0 Å². The van der Waals surface area contributed by atoms with E-state index in [1.807, 2.05) is 12.1 Å². The zero-order valence-electron chi connectivity index (χ0n) is 12.9. The maximum Gasteiger partial charge on any atom is 0.319 e. The van der Waals surface area contributed by atoms with Crippen LogP contribution in [0.4, 0.5) is 0 Å². The number of hydrogen-bond acceptors (Lipinski definition) is 6.